The predicted octanol–water partition coefficient (Wildman–Crippen LogP) is 15.3. The van der Waals surface area contributed by atoms with Crippen molar-refractivity contribution in [2.24, 2.45) is 0 Å². The van der Waals surface area contributed by atoms with Gasteiger partial charge in [0.1, 0.15) is 24.7 Å². The van der Waals surface area contributed by atoms with E-state index >= 15 is 0 Å². The SMILES string of the molecule is [2H]C([2H])(Sc1nc(=O)c2c(n1CC(=O)N(CCN(C([2H])([2H])C)C([2H])([2H])C)C([2H])(C)c1ccc(-c3ccc(C(F)(F)F)cc3)cc1)CCC2)c1ccc(F)cc1.[2H]c1c([2H])c(C([2H])([2H])Sc2nc(=O)c3c(n2CC(=O)N(CCN(CC)CC)C([2H])([2H])c2c([2H])c([2H])c(-c4c([2H])c([2H])c(C(F)(F)F)c(C)c4[2H])c([2H])c2[2H])C([2H])([2H])C([2H])([2H])C3([2H])[2H])c([2H])c([2H])c1F. The molecule has 1 atom stereocenters. The van der Waals surface area contributed by atoms with Crippen molar-refractivity contribution < 1.29 is 83.1 Å². The van der Waals surface area contributed by atoms with Gasteiger partial charge in [0.15, 0.2) is 10.3 Å². The summed E-state index contributed by atoms with van der Waals surface area (Å²) >= 11 is 0.283. The van der Waals surface area contributed by atoms with Crippen LogP contribution in [0.2, 0.25) is 0 Å². The molecule has 508 valence electrons. The Bertz CT molecular complexity index is 5500. The second-order valence-electron chi connectivity index (χ2n) is 21.1. The highest BCUT2D eigenvalue weighted by Gasteiger charge is 2.34. The number of aromatic nitrogens is 4. The molecule has 2 amide bonds. The molecule has 2 aliphatic carbocycles. The quantitative estimate of drug-likeness (QED) is 0.0295. The zero-order valence-corrected chi connectivity index (χ0v) is 53.9. The van der Waals surface area contributed by atoms with Gasteiger partial charge in [0.2, 0.25) is 11.8 Å². The highest BCUT2D eigenvalue weighted by Crippen LogP contribution is 2.36. The minimum Gasteiger partial charge on any atom is -0.336 e. The Hall–Kier alpha value is -7.92. The lowest BCUT2D eigenvalue weighted by molar-refractivity contribution is -0.138. The van der Waals surface area contributed by atoms with Crippen LogP contribution >= 0.6 is 23.5 Å². The van der Waals surface area contributed by atoms with E-state index in [0.29, 0.717) is 62.9 Å². The van der Waals surface area contributed by atoms with Crippen LogP contribution in [0.4, 0.5) is 35.1 Å². The van der Waals surface area contributed by atoms with E-state index in [9.17, 15) is 58.4 Å². The highest BCUT2D eigenvalue weighted by molar-refractivity contribution is 7.98. The average Bonchev–Trinajstić information content (AvgIpc) is 1.51. The molecule has 0 saturated carbocycles. The maximum absolute atomic E-state index is 14.9. The van der Waals surface area contributed by atoms with Crippen LogP contribution in [0.15, 0.2) is 159 Å². The highest BCUT2D eigenvalue weighted by atomic mass is 32.2. The lowest BCUT2D eigenvalue weighted by Gasteiger charge is -2.33. The Morgan fingerprint density at radius 3 is 1.78 bits per heavy atom. The van der Waals surface area contributed by atoms with Crippen molar-refractivity contribution >= 4 is 35.3 Å². The third kappa shape index (κ3) is 18.6. The molecule has 96 heavy (non-hydrogen) atoms. The third-order valence-corrected chi connectivity index (χ3v) is 16.8. The Labute approximate surface area is 603 Å². The van der Waals surface area contributed by atoms with E-state index in [0.717, 1.165) is 41.0 Å². The lowest BCUT2D eigenvalue weighted by atomic mass is 9.98. The second kappa shape index (κ2) is 32.9. The topological polar surface area (TPSA) is 117 Å². The van der Waals surface area contributed by atoms with Crippen molar-refractivity contribution in [2.75, 3.05) is 52.3 Å². The number of thioether (sulfide) groups is 2. The minimum absolute atomic E-state index is 0.0920. The molecule has 2 heterocycles. The molecule has 10 rings (SSSR count). The summed E-state index contributed by atoms with van der Waals surface area (Å²) in [6.07, 6.45) is -19.2. The Balaban J connectivity index is 0.000000288. The van der Waals surface area contributed by atoms with E-state index in [1.807, 2.05) is 0 Å². The molecule has 12 nitrogen and oxygen atoms in total. The van der Waals surface area contributed by atoms with E-state index in [1.54, 1.807) is 43.0 Å². The van der Waals surface area contributed by atoms with Crippen LogP contribution < -0.4 is 11.1 Å². The van der Waals surface area contributed by atoms with Crippen LogP contribution in [0.3, 0.4) is 0 Å². The van der Waals surface area contributed by atoms with E-state index in [2.05, 4.69) is 9.97 Å². The summed E-state index contributed by atoms with van der Waals surface area (Å²) in [5, 5.41) is -1.22. The predicted molar refractivity (Wildman–Crippen MR) is 363 cm³/mol. The van der Waals surface area contributed by atoms with Crippen molar-refractivity contribution in [1.29, 1.82) is 0 Å². The maximum Gasteiger partial charge on any atom is 0.416 e. The molecule has 0 aliphatic heterocycles. The number of carbonyl (C=O) groups is 2. The first-order valence-electron chi connectivity index (χ1n) is 43.6. The monoisotopic (exact) mass is 1390 g/mol. The van der Waals surface area contributed by atoms with Gasteiger partial charge in [0.05, 0.1) is 36.3 Å². The number of nitrogens with zero attached hydrogens (tertiary/aromatic N) is 8. The Kier molecular flexibility index (Phi) is 14.9. The number of amides is 2. The zero-order valence-electron chi connectivity index (χ0n) is 80.3. The summed E-state index contributed by atoms with van der Waals surface area (Å²) in [7, 11) is 0. The largest absolute Gasteiger partial charge is 0.416 e. The molecule has 2 aliphatic rings. The van der Waals surface area contributed by atoms with Gasteiger partial charge >= 0.3 is 12.4 Å². The number of benzene rings is 6. The summed E-state index contributed by atoms with van der Waals surface area (Å²) < 4.78 is 352. The molecule has 0 saturated heterocycles. The van der Waals surface area contributed by atoms with E-state index in [-0.39, 0.29) is 60.8 Å². The van der Waals surface area contributed by atoms with Gasteiger partial charge in [-0.15, -0.1) is 0 Å². The smallest absolute Gasteiger partial charge is 0.336 e. The van der Waals surface area contributed by atoms with Crippen molar-refractivity contribution in [3.8, 4) is 22.3 Å². The molecule has 2 aromatic heterocycles. The fourth-order valence-electron chi connectivity index (χ4n) is 9.98. The van der Waals surface area contributed by atoms with Crippen LogP contribution in [-0.4, -0.2) is 103 Å². The van der Waals surface area contributed by atoms with E-state index in [1.165, 1.54) is 49.6 Å². The van der Waals surface area contributed by atoms with Crippen LogP contribution in [0.25, 0.3) is 22.3 Å². The Morgan fingerprint density at radius 1 is 0.615 bits per heavy atom. The molecule has 0 fully saturated rings. The zero-order chi connectivity index (χ0) is 93.7. The van der Waals surface area contributed by atoms with Gasteiger partial charge in [-0.1, -0.05) is 148 Å². The number of halogens is 8. The van der Waals surface area contributed by atoms with Crippen LogP contribution in [0, 0.1) is 18.6 Å². The molecular weight excluding hydrogens is 1280 g/mol. The van der Waals surface area contributed by atoms with E-state index in [4.69, 9.17) is 34.3 Å². The average molecular weight is 1390 g/mol. The number of fused-ring (bicyclic) bond motifs is 2. The maximum atomic E-state index is 14.9. The van der Waals surface area contributed by atoms with Crippen molar-refractivity contribution in [3.05, 3.63) is 233 Å². The molecule has 0 spiro atoms. The number of carbonyl (C=O) groups excluding carboxylic acids is 2. The number of hydrogen-bond donors (Lipinski definition) is 0. The third-order valence-electron chi connectivity index (χ3n) is 15.1. The van der Waals surface area contributed by atoms with Crippen molar-refractivity contribution in [2.45, 2.75) is 140 Å². The van der Waals surface area contributed by atoms with Crippen LogP contribution in [-0.2, 0) is 78.5 Å². The molecule has 1 unspecified atom stereocenters. The first-order chi connectivity index (χ1) is 56.7. The number of hydrogen-bond acceptors (Lipinski definition) is 10. The van der Waals surface area contributed by atoms with Gasteiger partial charge < -0.3 is 28.7 Å². The van der Waals surface area contributed by atoms with Gasteiger partial charge in [-0.3, -0.25) is 19.2 Å². The lowest BCUT2D eigenvalue weighted by Crippen LogP contribution is -2.42. The van der Waals surface area contributed by atoms with Crippen molar-refractivity contribution in [3.63, 3.8) is 0 Å². The second-order valence-corrected chi connectivity index (χ2v) is 22.7. The molecular formula is C74H80F8N8O4S2. The first kappa shape index (κ1) is 43.4. The van der Waals surface area contributed by atoms with Gasteiger partial charge in [-0.25, -0.2) is 8.78 Å². The number of alkyl halides is 6. The summed E-state index contributed by atoms with van der Waals surface area (Å²) in [5.41, 5.74) is -15.7. The summed E-state index contributed by atoms with van der Waals surface area (Å²) in [4.78, 5) is 68.1. The fraction of sp³-hybridized carbons (Fsp3) is 0.378. The van der Waals surface area contributed by atoms with Crippen LogP contribution in [0.1, 0.15) is 153 Å². The standard InChI is InChI=1S/2C37H40F4N4O2S/c1-4-43(5-2)21-22-44(25(3)27-11-13-28(14-12-27)29-15-17-30(18-16-29)37(39,40)41)34(46)23-45-33-8-6-7-32(33)35(47)42-36(45)48-24-26-9-19-31(38)20-10-26;1-4-43(5-2)19-20-44(22-26-9-13-28(14-10-26)29-15-18-32(25(3)21-29)37(39,40)41)34(46)23-45-33-8-6-7-31(33)35(47)42-36(45)48-24-27-11-16-30(38)17-12-27/h9-20,25H,4-8,21-24H2,1-3H3;9-18,21H,4-8,19-20,22-24H2,1-3H3/i4D2,5D2,24D2,25D;6D2,7D2,8D2,9D,10D,11D,12D,13D,14D,15D,16D,17D,18D,21D,22D2,24D2. The normalized spacial score (nSPS) is 20.0. The minimum atomic E-state index is -5.23. The summed E-state index contributed by atoms with van der Waals surface area (Å²) in [6, 6.07) is -0.323. The molecule has 8 aromatic rings. The molecule has 6 aromatic carbocycles. The molecule has 0 N–H and O–H groups in total. The Morgan fingerprint density at radius 2 is 1.18 bits per heavy atom. The van der Waals surface area contributed by atoms with Gasteiger partial charge in [-0.2, -0.15) is 36.3 Å². The number of rotatable bonds is 26. The summed E-state index contributed by atoms with van der Waals surface area (Å²) in [5.74, 6) is -4.47. The first-order valence-corrected chi connectivity index (χ1v) is 31.2. The molecule has 0 bridgehead atoms. The number of likely N-dealkylation sites (N-methyl/N-ethyl adjacent to an activating group) is 2. The summed E-state index contributed by atoms with van der Waals surface area (Å²) in [6.45, 7) is -3.10. The molecule has 0 radical (unpaired) electrons. The fourth-order valence-corrected chi connectivity index (χ4v) is 11.4. The molecule has 22 heteroatoms. The van der Waals surface area contributed by atoms with Gasteiger partial charge in [0, 0.05) is 85.8 Å². The van der Waals surface area contributed by atoms with Gasteiger partial charge in [-0.05, 0) is 171 Å². The van der Waals surface area contributed by atoms with Gasteiger partial charge in [0.25, 0.3) is 11.1 Å². The van der Waals surface area contributed by atoms with Crippen molar-refractivity contribution in [1.82, 2.24) is 38.7 Å². The van der Waals surface area contributed by atoms with Crippen LogP contribution in [0.5, 0.6) is 0 Å². The van der Waals surface area contributed by atoms with E-state index < -0.39 is 244 Å².